The third kappa shape index (κ3) is 3.94. The fourth-order valence-electron chi connectivity index (χ4n) is 3.70. The molecule has 4 rings (SSSR count). The fraction of sp³-hybridized carbons (Fsp3) is 0.333. The highest BCUT2D eigenvalue weighted by Gasteiger charge is 2.31. The lowest BCUT2D eigenvalue weighted by Gasteiger charge is -2.26. The Hall–Kier alpha value is -2.89. The summed E-state index contributed by atoms with van der Waals surface area (Å²) in [7, 11) is 0. The lowest BCUT2D eigenvalue weighted by atomic mass is 10.0. The second-order valence-electron chi connectivity index (χ2n) is 6.97. The van der Waals surface area contributed by atoms with E-state index < -0.39 is 5.95 Å². The molecule has 0 spiro atoms. The minimum Gasteiger partial charge on any atom is -0.466 e. The van der Waals surface area contributed by atoms with Gasteiger partial charge in [0, 0.05) is 43.4 Å². The van der Waals surface area contributed by atoms with E-state index in [0.29, 0.717) is 25.1 Å². The van der Waals surface area contributed by atoms with Gasteiger partial charge < -0.3 is 9.64 Å². The van der Waals surface area contributed by atoms with Gasteiger partial charge in [-0.05, 0) is 25.3 Å². The number of amides is 2. The smallest absolute Gasteiger partial charge is 0.328 e. The van der Waals surface area contributed by atoms with Crippen LogP contribution in [0.15, 0.2) is 66.6 Å². The summed E-state index contributed by atoms with van der Waals surface area (Å²) >= 11 is 0. The maximum absolute atomic E-state index is 13.9. The van der Waals surface area contributed by atoms with Crippen molar-refractivity contribution in [1.29, 1.82) is 0 Å². The van der Waals surface area contributed by atoms with Crippen molar-refractivity contribution in [2.24, 2.45) is 0 Å². The number of hydrogen-bond donors (Lipinski definition) is 0. The monoisotopic (exact) mass is 367 g/mol. The number of carbonyl (C=O) groups is 1. The minimum atomic E-state index is -0.444. The molecule has 0 N–H and O–H groups in total. The first kappa shape index (κ1) is 17.5. The van der Waals surface area contributed by atoms with E-state index in [1.807, 2.05) is 0 Å². The number of hydrogen-bond acceptors (Lipinski definition) is 3. The summed E-state index contributed by atoms with van der Waals surface area (Å²) in [6.07, 6.45) is 16.1. The average Bonchev–Trinajstić information content (AvgIpc) is 3.19. The predicted molar refractivity (Wildman–Crippen MR) is 99.7 cm³/mol. The van der Waals surface area contributed by atoms with E-state index in [1.54, 1.807) is 40.6 Å². The molecule has 1 saturated heterocycles. The first-order valence-electron chi connectivity index (χ1n) is 9.27. The van der Waals surface area contributed by atoms with E-state index in [-0.39, 0.29) is 11.9 Å². The summed E-state index contributed by atoms with van der Waals surface area (Å²) in [5.74, 6) is 0.289. The van der Waals surface area contributed by atoms with Crippen molar-refractivity contribution in [3.05, 3.63) is 78.1 Å². The highest BCUT2D eigenvalue weighted by Crippen LogP contribution is 2.30. The van der Waals surface area contributed by atoms with Gasteiger partial charge in [-0.25, -0.2) is 9.78 Å². The summed E-state index contributed by atoms with van der Waals surface area (Å²) in [4.78, 5) is 19.9. The Labute approximate surface area is 158 Å². The van der Waals surface area contributed by atoms with E-state index in [2.05, 4.69) is 23.2 Å². The van der Waals surface area contributed by atoms with Crippen LogP contribution in [0.1, 0.15) is 37.2 Å². The third-order valence-corrected chi connectivity index (χ3v) is 5.13. The second kappa shape index (κ2) is 7.78. The summed E-state index contributed by atoms with van der Waals surface area (Å²) < 4.78 is 19.5. The number of allylic oxidation sites excluding steroid dienone is 4. The molecule has 1 unspecified atom stereocenters. The Balaban J connectivity index is 1.41. The van der Waals surface area contributed by atoms with Crippen molar-refractivity contribution in [3.63, 3.8) is 0 Å². The number of pyridine rings is 1. The van der Waals surface area contributed by atoms with Crippen molar-refractivity contribution < 1.29 is 13.9 Å². The molecule has 0 bridgehead atoms. The van der Waals surface area contributed by atoms with Gasteiger partial charge in [-0.3, -0.25) is 4.90 Å². The van der Waals surface area contributed by atoms with Gasteiger partial charge in [0.25, 0.3) is 0 Å². The van der Waals surface area contributed by atoms with Gasteiger partial charge in [0.15, 0.2) is 0 Å². The van der Waals surface area contributed by atoms with Gasteiger partial charge >= 0.3 is 6.03 Å². The van der Waals surface area contributed by atoms with Gasteiger partial charge in [0.05, 0.1) is 6.20 Å². The van der Waals surface area contributed by atoms with E-state index in [0.717, 1.165) is 25.0 Å². The number of likely N-dealkylation sites (tertiary alicyclic amines) is 1. The molecule has 1 atom stereocenters. The van der Waals surface area contributed by atoms with Gasteiger partial charge in [0.1, 0.15) is 12.0 Å². The molecule has 1 fully saturated rings. The van der Waals surface area contributed by atoms with Crippen molar-refractivity contribution >= 4 is 6.03 Å². The Kier molecular flexibility index (Phi) is 5.05. The Morgan fingerprint density at radius 2 is 2.33 bits per heavy atom. The van der Waals surface area contributed by atoms with Gasteiger partial charge in [0.2, 0.25) is 5.95 Å². The molecule has 5 nitrogen and oxygen atoms in total. The standard InChI is InChI=1S/C21H22FN3O2/c22-20-19(7-4-9-23-20)17-8-10-24(14-17)21(26)25-11-12-27-18(15-25)13-16-5-2-1-3-6-16/h1-2,4-5,7,9,11-12,15,17H,3,6,8,10,13-14H2. The molecule has 1 aromatic heterocycles. The largest absolute Gasteiger partial charge is 0.466 e. The minimum absolute atomic E-state index is 0.0182. The van der Waals surface area contributed by atoms with Crippen molar-refractivity contribution in [2.45, 2.75) is 31.6 Å². The molecule has 0 radical (unpaired) electrons. The quantitative estimate of drug-likeness (QED) is 0.742. The van der Waals surface area contributed by atoms with E-state index in [9.17, 15) is 9.18 Å². The van der Waals surface area contributed by atoms with Crippen molar-refractivity contribution in [2.75, 3.05) is 13.1 Å². The molecular weight excluding hydrogens is 345 g/mol. The van der Waals surface area contributed by atoms with E-state index in [1.165, 1.54) is 11.8 Å². The number of urea groups is 1. The van der Waals surface area contributed by atoms with Crippen LogP contribution < -0.4 is 0 Å². The molecule has 1 aromatic rings. The van der Waals surface area contributed by atoms with Gasteiger partial charge in [-0.15, -0.1) is 0 Å². The Bertz CT molecular complexity index is 844. The number of nitrogens with zero attached hydrogens (tertiary/aromatic N) is 3. The zero-order chi connectivity index (χ0) is 18.6. The zero-order valence-electron chi connectivity index (χ0n) is 15.1. The number of halogens is 1. The molecule has 3 aliphatic rings. The van der Waals surface area contributed by atoms with Crippen molar-refractivity contribution in [3.8, 4) is 0 Å². The molecular formula is C21H22FN3O2. The van der Waals surface area contributed by atoms with Crippen LogP contribution in [0.2, 0.25) is 0 Å². The normalized spacial score (nSPS) is 21.7. The van der Waals surface area contributed by atoms with E-state index >= 15 is 0 Å². The lowest BCUT2D eigenvalue weighted by molar-refractivity contribution is 0.184. The van der Waals surface area contributed by atoms with E-state index in [4.69, 9.17) is 4.74 Å². The highest BCUT2D eigenvalue weighted by molar-refractivity contribution is 5.77. The molecule has 140 valence electrons. The maximum atomic E-state index is 13.9. The molecule has 2 amide bonds. The molecule has 1 aliphatic carbocycles. The number of carbonyl (C=O) groups excluding carboxylic acids is 1. The Morgan fingerprint density at radius 3 is 3.15 bits per heavy atom. The summed E-state index contributed by atoms with van der Waals surface area (Å²) in [6.45, 7) is 1.09. The third-order valence-electron chi connectivity index (χ3n) is 5.13. The molecule has 6 heteroatoms. The second-order valence-corrected chi connectivity index (χ2v) is 6.97. The van der Waals surface area contributed by atoms with Crippen LogP contribution in [0.3, 0.4) is 0 Å². The van der Waals surface area contributed by atoms with Crippen LogP contribution in [-0.4, -0.2) is 33.9 Å². The molecule has 0 aromatic carbocycles. The molecule has 3 heterocycles. The molecule has 0 saturated carbocycles. The van der Waals surface area contributed by atoms with Crippen LogP contribution in [0.25, 0.3) is 0 Å². The summed E-state index contributed by atoms with van der Waals surface area (Å²) in [5.41, 5.74) is 1.87. The molecule has 27 heavy (non-hydrogen) atoms. The molecule has 2 aliphatic heterocycles. The average molecular weight is 367 g/mol. The lowest BCUT2D eigenvalue weighted by Crippen LogP contribution is -2.37. The SMILES string of the molecule is O=C(N1C=COC(CC2=CC=CCC2)=C1)N1CCC(c2cccnc2F)C1. The summed E-state index contributed by atoms with van der Waals surface area (Å²) in [5, 5.41) is 0. The van der Waals surface area contributed by atoms with Gasteiger partial charge in [-0.2, -0.15) is 4.39 Å². The number of rotatable bonds is 3. The van der Waals surface area contributed by atoms with Crippen LogP contribution in [0.5, 0.6) is 0 Å². The summed E-state index contributed by atoms with van der Waals surface area (Å²) in [6, 6.07) is 3.37. The van der Waals surface area contributed by atoms with Crippen molar-refractivity contribution in [1.82, 2.24) is 14.8 Å². The van der Waals surface area contributed by atoms with Crippen LogP contribution >= 0.6 is 0 Å². The predicted octanol–water partition coefficient (Wildman–Crippen LogP) is 4.44. The number of aromatic nitrogens is 1. The van der Waals surface area contributed by atoms with Crippen LogP contribution in [0, 0.1) is 5.95 Å². The topological polar surface area (TPSA) is 45.7 Å². The number of ether oxygens (including phenoxy) is 1. The zero-order valence-corrected chi connectivity index (χ0v) is 15.1. The first-order valence-corrected chi connectivity index (χ1v) is 9.27. The highest BCUT2D eigenvalue weighted by atomic mass is 19.1. The fourth-order valence-corrected chi connectivity index (χ4v) is 3.70. The maximum Gasteiger partial charge on any atom is 0.328 e. The Morgan fingerprint density at radius 1 is 1.41 bits per heavy atom. The van der Waals surface area contributed by atoms with Crippen LogP contribution in [0.4, 0.5) is 9.18 Å². The van der Waals surface area contributed by atoms with Gasteiger partial charge in [-0.1, -0.05) is 29.9 Å². The van der Waals surface area contributed by atoms with Crippen LogP contribution in [-0.2, 0) is 4.74 Å². The first-order chi connectivity index (χ1) is 13.2.